The van der Waals surface area contributed by atoms with Gasteiger partial charge in [0.15, 0.2) is 5.78 Å². The fourth-order valence-corrected chi connectivity index (χ4v) is 2.08. The second-order valence-electron chi connectivity index (χ2n) is 3.44. The molecule has 0 unspecified atom stereocenters. The number of ketones is 1. The zero-order valence-electron chi connectivity index (χ0n) is 9.60. The van der Waals surface area contributed by atoms with E-state index in [1.165, 1.54) is 11.3 Å². The number of thiophene rings is 1. The van der Waals surface area contributed by atoms with E-state index in [0.717, 1.165) is 10.8 Å². The van der Waals surface area contributed by atoms with Gasteiger partial charge in [-0.2, -0.15) is 0 Å². The molecule has 3 rings (SSSR count). The first-order valence-corrected chi connectivity index (χ1v) is 6.22. The van der Waals surface area contributed by atoms with Crippen LogP contribution in [-0.4, -0.2) is 5.78 Å². The van der Waals surface area contributed by atoms with Gasteiger partial charge in [0.1, 0.15) is 0 Å². The molecule has 0 spiro atoms. The summed E-state index contributed by atoms with van der Waals surface area (Å²) >= 11 is 1.48. The van der Waals surface area contributed by atoms with Crippen LogP contribution in [0.15, 0.2) is 17.5 Å². The third kappa shape index (κ3) is 4.87. The van der Waals surface area contributed by atoms with Gasteiger partial charge in [0.2, 0.25) is 0 Å². The Morgan fingerprint density at radius 3 is 1.89 bits per heavy atom. The molecule has 1 aromatic rings. The van der Waals surface area contributed by atoms with Crippen molar-refractivity contribution in [2.75, 3.05) is 0 Å². The fourth-order valence-electron chi connectivity index (χ4n) is 1.40. The average molecular weight is 296 g/mol. The monoisotopic (exact) mass is 296 g/mol. The maximum absolute atomic E-state index is 11.6. The summed E-state index contributed by atoms with van der Waals surface area (Å²) in [6.45, 7) is 0. The molecule has 0 bridgehead atoms. The summed E-state index contributed by atoms with van der Waals surface area (Å²) in [5.41, 5.74) is 0. The van der Waals surface area contributed by atoms with Crippen LogP contribution in [-0.2, 0) is 17.1 Å². The van der Waals surface area contributed by atoms with E-state index in [2.05, 4.69) is 0 Å². The molecule has 1 aromatic heterocycles. The van der Waals surface area contributed by atoms with Crippen LogP contribution in [0.3, 0.4) is 0 Å². The Balaban J connectivity index is 0.000000230. The molecule has 1 heterocycles. The van der Waals surface area contributed by atoms with Crippen LogP contribution in [0, 0.1) is 63.7 Å². The molecule has 0 aromatic carbocycles. The van der Waals surface area contributed by atoms with Crippen molar-refractivity contribution in [1.29, 1.82) is 0 Å². The quantitative estimate of drug-likeness (QED) is 0.604. The molecule has 1 nitrogen and oxygen atoms in total. The van der Waals surface area contributed by atoms with Crippen molar-refractivity contribution in [3.05, 3.63) is 86.1 Å². The standard InChI is InChI=1S/C10H7OS.C5H5.Fe/c11-10(8-4-1-2-5-8)9-6-3-7-12-9;1-2-4-5-3-1;/h1-7H;1-5H;/q;;+2. The Labute approximate surface area is 125 Å². The Kier molecular flexibility index (Phi) is 7.88. The molecule has 2 aliphatic rings. The van der Waals surface area contributed by atoms with Crippen LogP contribution >= 0.6 is 11.3 Å². The molecule has 0 N–H and O–H groups in total. The first kappa shape index (κ1) is 15.9. The first-order chi connectivity index (χ1) is 8.38. The van der Waals surface area contributed by atoms with Crippen molar-refractivity contribution in [1.82, 2.24) is 0 Å². The molecular formula is C15H12FeOS+2. The topological polar surface area (TPSA) is 17.1 Å². The Morgan fingerprint density at radius 2 is 1.44 bits per heavy atom. The van der Waals surface area contributed by atoms with Crippen LogP contribution in [0.1, 0.15) is 9.67 Å². The van der Waals surface area contributed by atoms with Crippen molar-refractivity contribution in [3.63, 3.8) is 0 Å². The molecule has 10 radical (unpaired) electrons. The summed E-state index contributed by atoms with van der Waals surface area (Å²) in [5, 5.41) is 1.91. The van der Waals surface area contributed by atoms with Crippen molar-refractivity contribution < 1.29 is 21.9 Å². The van der Waals surface area contributed by atoms with Crippen LogP contribution in [0.5, 0.6) is 0 Å². The second kappa shape index (κ2) is 8.90. The molecule has 0 saturated heterocycles. The predicted molar refractivity (Wildman–Crippen MR) is 70.6 cm³/mol. The number of hydrogen-bond acceptors (Lipinski definition) is 2. The first-order valence-electron chi connectivity index (χ1n) is 5.34. The number of Topliss-reactive ketones (excluding diaryl/α,β-unsaturated/α-hetero) is 1. The Morgan fingerprint density at radius 1 is 0.889 bits per heavy atom. The van der Waals surface area contributed by atoms with Gasteiger partial charge in [0.25, 0.3) is 0 Å². The van der Waals surface area contributed by atoms with Gasteiger partial charge < -0.3 is 0 Å². The van der Waals surface area contributed by atoms with E-state index >= 15 is 0 Å². The zero-order valence-corrected chi connectivity index (χ0v) is 11.5. The number of carbonyl (C=O) groups is 1. The molecule has 2 saturated carbocycles. The maximum Gasteiger partial charge on any atom is 2.00 e. The van der Waals surface area contributed by atoms with E-state index in [-0.39, 0.29) is 22.9 Å². The molecule has 2 aliphatic carbocycles. The maximum atomic E-state index is 11.6. The molecule has 0 atom stereocenters. The molecule has 2 fully saturated rings. The van der Waals surface area contributed by atoms with Gasteiger partial charge in [-0.25, -0.2) is 0 Å². The Hall–Kier alpha value is -0.111. The minimum absolute atomic E-state index is 0. The van der Waals surface area contributed by atoms with Crippen LogP contribution in [0.4, 0.5) is 0 Å². The summed E-state index contributed by atoms with van der Waals surface area (Å²) in [6, 6.07) is 3.74. The second-order valence-corrected chi connectivity index (χ2v) is 4.39. The van der Waals surface area contributed by atoms with E-state index in [1.54, 1.807) is 0 Å². The zero-order chi connectivity index (χ0) is 11.9. The smallest absolute Gasteiger partial charge is 0.293 e. The molecule has 0 aliphatic heterocycles. The molecule has 0 amide bonds. The largest absolute Gasteiger partial charge is 2.00 e. The summed E-state index contributed by atoms with van der Waals surface area (Å²) < 4.78 is 0. The van der Waals surface area contributed by atoms with E-state index in [1.807, 2.05) is 75.3 Å². The van der Waals surface area contributed by atoms with Crippen molar-refractivity contribution in [3.8, 4) is 0 Å². The van der Waals surface area contributed by atoms with Gasteiger partial charge in [-0.15, -0.1) is 11.3 Å². The van der Waals surface area contributed by atoms with Crippen LogP contribution in [0.25, 0.3) is 0 Å². The van der Waals surface area contributed by atoms with Crippen molar-refractivity contribution >= 4 is 17.1 Å². The van der Waals surface area contributed by atoms with E-state index in [4.69, 9.17) is 0 Å². The molecule has 18 heavy (non-hydrogen) atoms. The summed E-state index contributed by atoms with van der Waals surface area (Å²) in [7, 11) is 0. The molecule has 90 valence electrons. The Bertz CT molecular complexity index is 317. The minimum Gasteiger partial charge on any atom is -0.293 e. The van der Waals surface area contributed by atoms with Crippen LogP contribution in [0.2, 0.25) is 0 Å². The molecular weight excluding hydrogens is 284 g/mol. The van der Waals surface area contributed by atoms with E-state index in [0.29, 0.717) is 0 Å². The fraction of sp³-hybridized carbons (Fsp3) is 0. The van der Waals surface area contributed by atoms with Crippen molar-refractivity contribution in [2.24, 2.45) is 0 Å². The SMILES string of the molecule is O=C([C]1[CH][CH][CH][CH]1)c1cccs1.[CH]1[CH][CH][CH][CH]1.[Fe+2]. The number of rotatable bonds is 2. The van der Waals surface area contributed by atoms with Gasteiger partial charge in [0, 0.05) is 0 Å². The van der Waals surface area contributed by atoms with Gasteiger partial charge in [-0.3, -0.25) is 4.79 Å². The van der Waals surface area contributed by atoms with Crippen molar-refractivity contribution in [2.45, 2.75) is 0 Å². The van der Waals surface area contributed by atoms with E-state index in [9.17, 15) is 4.79 Å². The summed E-state index contributed by atoms with van der Waals surface area (Å²) in [4.78, 5) is 12.4. The van der Waals surface area contributed by atoms with Crippen LogP contribution < -0.4 is 0 Å². The number of hydrogen-bond donors (Lipinski definition) is 0. The number of carbonyl (C=O) groups excluding carboxylic acids is 1. The third-order valence-electron chi connectivity index (χ3n) is 2.23. The summed E-state index contributed by atoms with van der Waals surface area (Å²) in [6.07, 6.45) is 17.4. The normalized spacial score (nSPS) is 18.9. The molecule has 3 heteroatoms. The minimum atomic E-state index is 0. The predicted octanol–water partition coefficient (Wildman–Crippen LogP) is 3.36. The van der Waals surface area contributed by atoms with Gasteiger partial charge in [-0.1, -0.05) is 6.07 Å². The third-order valence-corrected chi connectivity index (χ3v) is 3.09. The summed E-state index contributed by atoms with van der Waals surface area (Å²) in [5.74, 6) is 0.896. The average Bonchev–Trinajstić information content (AvgIpc) is 3.11. The van der Waals surface area contributed by atoms with E-state index < -0.39 is 0 Å². The van der Waals surface area contributed by atoms with Gasteiger partial charge in [0.05, 0.1) is 10.8 Å². The van der Waals surface area contributed by atoms with Gasteiger partial charge in [-0.05, 0) is 69.2 Å². The van der Waals surface area contributed by atoms with Gasteiger partial charge >= 0.3 is 17.1 Å².